The van der Waals surface area contributed by atoms with Gasteiger partial charge < -0.3 is 10.4 Å². The van der Waals surface area contributed by atoms with Crippen molar-refractivity contribution >= 4 is 18.0 Å². The lowest BCUT2D eigenvalue weighted by Crippen LogP contribution is -2.43. The molecule has 2 N–H and O–H groups in total. The van der Waals surface area contributed by atoms with Crippen molar-refractivity contribution in [3.8, 4) is 0 Å². The third-order valence-electron chi connectivity index (χ3n) is 2.68. The zero-order valence-electron chi connectivity index (χ0n) is 11.6. The van der Waals surface area contributed by atoms with Crippen LogP contribution in [0.1, 0.15) is 19.4 Å². The minimum atomic E-state index is -1.03. The van der Waals surface area contributed by atoms with E-state index in [0.717, 1.165) is 5.56 Å². The van der Waals surface area contributed by atoms with Crippen molar-refractivity contribution in [3.05, 3.63) is 54.1 Å². The van der Waals surface area contributed by atoms with Gasteiger partial charge in [-0.2, -0.15) is 0 Å². The molecular weight excluding hydrogens is 254 g/mol. The topological polar surface area (TPSA) is 66.4 Å². The first kappa shape index (κ1) is 15.7. The monoisotopic (exact) mass is 273 g/mol. The van der Waals surface area contributed by atoms with Crippen molar-refractivity contribution in [3.63, 3.8) is 0 Å². The highest BCUT2D eigenvalue weighted by Crippen LogP contribution is 2.02. The van der Waals surface area contributed by atoms with Crippen LogP contribution in [-0.4, -0.2) is 23.0 Å². The Morgan fingerprint density at radius 1 is 1.15 bits per heavy atom. The van der Waals surface area contributed by atoms with E-state index in [1.165, 1.54) is 6.08 Å². The van der Waals surface area contributed by atoms with Gasteiger partial charge in [0.2, 0.25) is 5.91 Å². The average molecular weight is 273 g/mol. The molecule has 4 nitrogen and oxygen atoms in total. The van der Waals surface area contributed by atoms with Gasteiger partial charge in [0, 0.05) is 6.08 Å². The Morgan fingerprint density at radius 2 is 1.80 bits per heavy atom. The SMILES string of the molecule is CC(C)C(NC(=O)/C=C/C=C/c1ccccc1)C(=O)O. The number of rotatable bonds is 6. The van der Waals surface area contributed by atoms with Gasteiger partial charge >= 0.3 is 5.97 Å². The van der Waals surface area contributed by atoms with Crippen molar-refractivity contribution in [2.45, 2.75) is 19.9 Å². The molecule has 106 valence electrons. The molecule has 1 atom stereocenters. The lowest BCUT2D eigenvalue weighted by atomic mass is 10.0. The summed E-state index contributed by atoms with van der Waals surface area (Å²) in [6, 6.07) is 8.81. The summed E-state index contributed by atoms with van der Waals surface area (Å²) < 4.78 is 0. The number of benzene rings is 1. The van der Waals surface area contributed by atoms with Crippen LogP contribution in [0.2, 0.25) is 0 Å². The zero-order valence-corrected chi connectivity index (χ0v) is 11.6. The van der Waals surface area contributed by atoms with Crippen molar-refractivity contribution in [1.29, 1.82) is 0 Å². The molecule has 1 amide bonds. The zero-order chi connectivity index (χ0) is 15.0. The molecule has 0 aliphatic rings. The van der Waals surface area contributed by atoms with E-state index in [0.29, 0.717) is 0 Å². The molecule has 1 aromatic rings. The quantitative estimate of drug-likeness (QED) is 0.618. The van der Waals surface area contributed by atoms with Gasteiger partial charge in [0.25, 0.3) is 0 Å². The first-order valence-electron chi connectivity index (χ1n) is 6.44. The Kier molecular flexibility index (Phi) is 6.23. The predicted octanol–water partition coefficient (Wildman–Crippen LogP) is 2.48. The molecule has 0 saturated heterocycles. The average Bonchev–Trinajstić information content (AvgIpc) is 2.41. The fourth-order valence-corrected chi connectivity index (χ4v) is 1.59. The Bertz CT molecular complexity index is 504. The molecule has 1 aromatic carbocycles. The van der Waals surface area contributed by atoms with Crippen LogP contribution in [0.5, 0.6) is 0 Å². The lowest BCUT2D eigenvalue weighted by Gasteiger charge is -2.16. The van der Waals surface area contributed by atoms with E-state index >= 15 is 0 Å². The van der Waals surface area contributed by atoms with Gasteiger partial charge in [-0.3, -0.25) is 4.79 Å². The Labute approximate surface area is 118 Å². The molecule has 0 aliphatic heterocycles. The van der Waals surface area contributed by atoms with Crippen LogP contribution >= 0.6 is 0 Å². The molecule has 0 bridgehead atoms. The fraction of sp³-hybridized carbons (Fsp3) is 0.250. The van der Waals surface area contributed by atoms with Crippen LogP contribution in [0.15, 0.2) is 48.6 Å². The minimum absolute atomic E-state index is 0.162. The number of carbonyl (C=O) groups is 2. The van der Waals surface area contributed by atoms with E-state index in [1.807, 2.05) is 36.4 Å². The number of nitrogens with one attached hydrogen (secondary N) is 1. The molecule has 0 aliphatic carbocycles. The summed E-state index contributed by atoms with van der Waals surface area (Å²) in [6.45, 7) is 3.50. The highest BCUT2D eigenvalue weighted by Gasteiger charge is 2.22. The second-order valence-electron chi connectivity index (χ2n) is 4.70. The summed E-state index contributed by atoms with van der Waals surface area (Å²) in [5.41, 5.74) is 1.03. The highest BCUT2D eigenvalue weighted by molar-refractivity contribution is 5.91. The van der Waals surface area contributed by atoms with Crippen LogP contribution in [0.4, 0.5) is 0 Å². The highest BCUT2D eigenvalue weighted by atomic mass is 16.4. The molecular formula is C16H19NO3. The van der Waals surface area contributed by atoms with Gasteiger partial charge in [-0.15, -0.1) is 0 Å². The second kappa shape index (κ2) is 7.94. The number of allylic oxidation sites excluding steroid dienone is 2. The summed E-state index contributed by atoms with van der Waals surface area (Å²) in [6.07, 6.45) is 6.50. The van der Waals surface area contributed by atoms with Crippen LogP contribution in [0.3, 0.4) is 0 Å². The van der Waals surface area contributed by atoms with Gasteiger partial charge in [0.05, 0.1) is 0 Å². The molecule has 0 fully saturated rings. The van der Waals surface area contributed by atoms with E-state index in [9.17, 15) is 9.59 Å². The molecule has 1 rings (SSSR count). The van der Waals surface area contributed by atoms with E-state index < -0.39 is 17.9 Å². The second-order valence-corrected chi connectivity index (χ2v) is 4.70. The molecule has 0 spiro atoms. The van der Waals surface area contributed by atoms with E-state index in [1.54, 1.807) is 26.0 Å². The van der Waals surface area contributed by atoms with E-state index in [2.05, 4.69) is 5.32 Å². The number of aliphatic carboxylic acids is 1. The lowest BCUT2D eigenvalue weighted by molar-refractivity contribution is -0.142. The normalized spacial score (nSPS) is 12.9. The summed E-state index contributed by atoms with van der Waals surface area (Å²) >= 11 is 0. The number of carbonyl (C=O) groups excluding carboxylic acids is 1. The van der Waals surface area contributed by atoms with Gasteiger partial charge in [0.1, 0.15) is 6.04 Å². The number of carboxylic acid groups (broad SMARTS) is 1. The van der Waals surface area contributed by atoms with Gasteiger partial charge in [0.15, 0.2) is 0 Å². The number of amides is 1. The Hall–Kier alpha value is -2.36. The third-order valence-corrected chi connectivity index (χ3v) is 2.68. The maximum absolute atomic E-state index is 11.6. The van der Waals surface area contributed by atoms with Gasteiger partial charge in [-0.1, -0.05) is 62.4 Å². The van der Waals surface area contributed by atoms with Crippen LogP contribution in [0.25, 0.3) is 6.08 Å². The summed E-state index contributed by atoms with van der Waals surface area (Å²) in [5.74, 6) is -1.60. The van der Waals surface area contributed by atoms with Crippen LogP contribution in [-0.2, 0) is 9.59 Å². The number of hydrogen-bond acceptors (Lipinski definition) is 2. The molecule has 0 radical (unpaired) electrons. The summed E-state index contributed by atoms with van der Waals surface area (Å²) in [4.78, 5) is 22.5. The maximum atomic E-state index is 11.6. The minimum Gasteiger partial charge on any atom is -0.480 e. The predicted molar refractivity (Wildman–Crippen MR) is 79.0 cm³/mol. The Balaban J connectivity index is 2.52. The van der Waals surface area contributed by atoms with Crippen molar-refractivity contribution < 1.29 is 14.7 Å². The van der Waals surface area contributed by atoms with Crippen molar-refractivity contribution in [2.24, 2.45) is 5.92 Å². The van der Waals surface area contributed by atoms with Gasteiger partial charge in [-0.05, 0) is 11.5 Å². The van der Waals surface area contributed by atoms with Crippen LogP contribution in [0, 0.1) is 5.92 Å². The largest absolute Gasteiger partial charge is 0.480 e. The first-order chi connectivity index (χ1) is 9.50. The fourth-order valence-electron chi connectivity index (χ4n) is 1.59. The van der Waals surface area contributed by atoms with Crippen molar-refractivity contribution in [1.82, 2.24) is 5.32 Å². The van der Waals surface area contributed by atoms with Gasteiger partial charge in [-0.25, -0.2) is 4.79 Å². The number of hydrogen-bond donors (Lipinski definition) is 2. The van der Waals surface area contributed by atoms with Crippen LogP contribution < -0.4 is 5.32 Å². The maximum Gasteiger partial charge on any atom is 0.326 e. The molecule has 20 heavy (non-hydrogen) atoms. The molecule has 0 aromatic heterocycles. The van der Waals surface area contributed by atoms with E-state index in [4.69, 9.17) is 5.11 Å². The third kappa shape index (κ3) is 5.52. The summed E-state index contributed by atoms with van der Waals surface area (Å²) in [7, 11) is 0. The molecule has 0 saturated carbocycles. The Morgan fingerprint density at radius 3 is 2.35 bits per heavy atom. The standard InChI is InChI=1S/C16H19NO3/c1-12(2)15(16(19)20)17-14(18)11-7-6-10-13-8-4-3-5-9-13/h3-12,15H,1-2H3,(H,17,18)(H,19,20)/b10-6+,11-7+. The van der Waals surface area contributed by atoms with Crippen molar-refractivity contribution in [2.75, 3.05) is 0 Å². The molecule has 0 heterocycles. The first-order valence-corrected chi connectivity index (χ1v) is 6.44. The summed E-state index contributed by atoms with van der Waals surface area (Å²) in [5, 5.41) is 11.4. The van der Waals surface area contributed by atoms with E-state index in [-0.39, 0.29) is 5.92 Å². The smallest absolute Gasteiger partial charge is 0.326 e. The molecule has 4 heteroatoms. The molecule has 1 unspecified atom stereocenters. The number of carboxylic acids is 1.